The number of unbranched alkanes of at least 4 members (excludes halogenated alkanes) is 1. The molecular formula is C7H16O2. The van der Waals surface area contributed by atoms with Gasteiger partial charge in [0.25, 0.3) is 0 Å². The van der Waals surface area contributed by atoms with Crippen molar-refractivity contribution in [3.05, 3.63) is 0 Å². The molecule has 56 valence electrons. The highest BCUT2D eigenvalue weighted by Crippen LogP contribution is 2.11. The molecule has 0 unspecified atom stereocenters. The van der Waals surface area contributed by atoms with Gasteiger partial charge in [0.15, 0.2) is 0 Å². The van der Waals surface area contributed by atoms with Crippen molar-refractivity contribution in [2.24, 2.45) is 0 Å². The zero-order valence-corrected chi connectivity index (χ0v) is 6.22. The second-order valence-corrected chi connectivity index (χ2v) is 2.76. The molecule has 0 radical (unpaired) electrons. The van der Waals surface area contributed by atoms with E-state index in [1.54, 1.807) is 6.92 Å². The maximum atomic E-state index is 9.20. The number of hydrogen-bond acceptors (Lipinski definition) is 2. The van der Waals surface area contributed by atoms with E-state index in [1.807, 2.05) is 0 Å². The van der Waals surface area contributed by atoms with E-state index in [0.717, 1.165) is 12.8 Å². The zero-order valence-electron chi connectivity index (χ0n) is 6.22. The molecule has 1 atom stereocenters. The quantitative estimate of drug-likeness (QED) is 0.597. The highest BCUT2D eigenvalue weighted by Gasteiger charge is 2.16. The molecule has 0 aliphatic carbocycles. The van der Waals surface area contributed by atoms with Crippen LogP contribution in [0, 0.1) is 0 Å². The number of aliphatic hydroxyl groups excluding tert-OH is 1. The Morgan fingerprint density at radius 2 is 2.00 bits per heavy atom. The van der Waals surface area contributed by atoms with Crippen molar-refractivity contribution in [3.8, 4) is 0 Å². The lowest BCUT2D eigenvalue weighted by Gasteiger charge is -2.18. The van der Waals surface area contributed by atoms with Crippen LogP contribution in [0.4, 0.5) is 0 Å². The molecule has 2 N–H and O–H groups in total. The van der Waals surface area contributed by atoms with Gasteiger partial charge in [-0.3, -0.25) is 0 Å². The summed E-state index contributed by atoms with van der Waals surface area (Å²) in [6.45, 7) is 3.59. The Hall–Kier alpha value is -0.0800. The molecule has 0 rings (SSSR count). The Morgan fingerprint density at radius 1 is 1.44 bits per heavy atom. The monoisotopic (exact) mass is 132 g/mol. The standard InChI is InChI=1S/C7H16O2/c1-3-4-5-7(2,9)6-8/h8-9H,3-6H2,1-2H3/t7-/m1/s1. The van der Waals surface area contributed by atoms with E-state index in [4.69, 9.17) is 5.11 Å². The average molecular weight is 132 g/mol. The predicted molar refractivity (Wildman–Crippen MR) is 37.2 cm³/mol. The van der Waals surface area contributed by atoms with Gasteiger partial charge in [0.2, 0.25) is 0 Å². The lowest BCUT2D eigenvalue weighted by molar-refractivity contribution is -0.00660. The van der Waals surface area contributed by atoms with Crippen LogP contribution < -0.4 is 0 Å². The molecule has 0 bridgehead atoms. The van der Waals surface area contributed by atoms with Crippen LogP contribution in [0.1, 0.15) is 33.1 Å². The summed E-state index contributed by atoms with van der Waals surface area (Å²) in [6, 6.07) is 0. The summed E-state index contributed by atoms with van der Waals surface area (Å²) >= 11 is 0. The summed E-state index contributed by atoms with van der Waals surface area (Å²) < 4.78 is 0. The van der Waals surface area contributed by atoms with E-state index >= 15 is 0 Å². The molecule has 9 heavy (non-hydrogen) atoms. The van der Waals surface area contributed by atoms with Crippen LogP contribution >= 0.6 is 0 Å². The Balaban J connectivity index is 3.33. The van der Waals surface area contributed by atoms with Gasteiger partial charge < -0.3 is 10.2 Å². The molecule has 0 amide bonds. The maximum absolute atomic E-state index is 9.20. The van der Waals surface area contributed by atoms with Crippen molar-refractivity contribution < 1.29 is 10.2 Å². The van der Waals surface area contributed by atoms with Crippen molar-refractivity contribution in [3.63, 3.8) is 0 Å². The summed E-state index contributed by atoms with van der Waals surface area (Å²) in [5, 5.41) is 17.8. The Morgan fingerprint density at radius 3 is 2.33 bits per heavy atom. The molecule has 0 saturated carbocycles. The van der Waals surface area contributed by atoms with Crippen LogP contribution in [0.2, 0.25) is 0 Å². The molecule has 2 nitrogen and oxygen atoms in total. The second kappa shape index (κ2) is 3.85. The van der Waals surface area contributed by atoms with E-state index in [9.17, 15) is 5.11 Å². The van der Waals surface area contributed by atoms with Crippen LogP contribution in [0.5, 0.6) is 0 Å². The minimum Gasteiger partial charge on any atom is -0.393 e. The van der Waals surface area contributed by atoms with Gasteiger partial charge in [-0.1, -0.05) is 19.8 Å². The highest BCUT2D eigenvalue weighted by molar-refractivity contribution is 4.69. The topological polar surface area (TPSA) is 40.5 Å². The third-order valence-corrected chi connectivity index (χ3v) is 1.41. The first-order valence-electron chi connectivity index (χ1n) is 3.45. The SMILES string of the molecule is CCCC[C@@](C)(O)CO. The van der Waals surface area contributed by atoms with Gasteiger partial charge >= 0.3 is 0 Å². The molecule has 0 fully saturated rings. The van der Waals surface area contributed by atoms with Crippen LogP contribution in [0.25, 0.3) is 0 Å². The van der Waals surface area contributed by atoms with Crippen LogP contribution in [0.3, 0.4) is 0 Å². The molecule has 0 aliphatic heterocycles. The van der Waals surface area contributed by atoms with Gasteiger partial charge in [0.1, 0.15) is 0 Å². The van der Waals surface area contributed by atoms with Gasteiger partial charge in [0.05, 0.1) is 12.2 Å². The summed E-state index contributed by atoms with van der Waals surface area (Å²) in [5.41, 5.74) is -0.851. The third-order valence-electron chi connectivity index (χ3n) is 1.41. The molecule has 0 aromatic heterocycles. The Labute approximate surface area is 56.5 Å². The summed E-state index contributed by atoms with van der Waals surface area (Å²) in [4.78, 5) is 0. The molecule has 0 saturated heterocycles. The Bertz CT molecular complexity index is 69.3. The molecule has 0 aromatic rings. The fourth-order valence-corrected chi connectivity index (χ4v) is 0.637. The summed E-state index contributed by atoms with van der Waals surface area (Å²) in [5.74, 6) is 0. The van der Waals surface area contributed by atoms with Gasteiger partial charge in [0, 0.05) is 0 Å². The summed E-state index contributed by atoms with van der Waals surface area (Å²) in [7, 11) is 0. The van der Waals surface area contributed by atoms with Gasteiger partial charge in [-0.2, -0.15) is 0 Å². The van der Waals surface area contributed by atoms with E-state index in [-0.39, 0.29) is 6.61 Å². The van der Waals surface area contributed by atoms with E-state index in [1.165, 1.54) is 0 Å². The first kappa shape index (κ1) is 8.92. The normalized spacial score (nSPS) is 17.3. The maximum Gasteiger partial charge on any atom is 0.0849 e. The lowest BCUT2D eigenvalue weighted by Crippen LogP contribution is -2.28. The van der Waals surface area contributed by atoms with Crippen molar-refractivity contribution in [2.75, 3.05) is 6.61 Å². The lowest BCUT2D eigenvalue weighted by atomic mass is 10.0. The van der Waals surface area contributed by atoms with Crippen molar-refractivity contribution in [1.29, 1.82) is 0 Å². The summed E-state index contributed by atoms with van der Waals surface area (Å²) in [6.07, 6.45) is 2.74. The smallest absolute Gasteiger partial charge is 0.0849 e. The van der Waals surface area contributed by atoms with E-state index in [0.29, 0.717) is 6.42 Å². The molecule has 2 heteroatoms. The van der Waals surface area contributed by atoms with Crippen LogP contribution in [-0.4, -0.2) is 22.4 Å². The van der Waals surface area contributed by atoms with Crippen molar-refractivity contribution in [1.82, 2.24) is 0 Å². The largest absolute Gasteiger partial charge is 0.393 e. The minimum atomic E-state index is -0.851. The fourth-order valence-electron chi connectivity index (χ4n) is 0.637. The number of hydrogen-bond donors (Lipinski definition) is 2. The predicted octanol–water partition coefficient (Wildman–Crippen LogP) is 0.920. The van der Waals surface area contributed by atoms with Crippen molar-refractivity contribution >= 4 is 0 Å². The molecule has 0 aromatic carbocycles. The third kappa shape index (κ3) is 4.43. The minimum absolute atomic E-state index is 0.132. The second-order valence-electron chi connectivity index (χ2n) is 2.76. The average Bonchev–Trinajstić information content (AvgIpc) is 1.84. The number of aliphatic hydroxyl groups is 2. The molecule has 0 spiro atoms. The highest BCUT2D eigenvalue weighted by atomic mass is 16.3. The number of rotatable bonds is 4. The zero-order chi connectivity index (χ0) is 7.33. The van der Waals surface area contributed by atoms with Crippen LogP contribution in [0.15, 0.2) is 0 Å². The van der Waals surface area contributed by atoms with E-state index < -0.39 is 5.60 Å². The Kier molecular flexibility index (Phi) is 3.82. The molecular weight excluding hydrogens is 116 g/mol. The van der Waals surface area contributed by atoms with Gasteiger partial charge in [-0.15, -0.1) is 0 Å². The van der Waals surface area contributed by atoms with Crippen molar-refractivity contribution in [2.45, 2.75) is 38.7 Å². The fraction of sp³-hybridized carbons (Fsp3) is 1.00. The van der Waals surface area contributed by atoms with Gasteiger partial charge in [-0.25, -0.2) is 0 Å². The first-order valence-corrected chi connectivity index (χ1v) is 3.45. The van der Waals surface area contributed by atoms with Gasteiger partial charge in [-0.05, 0) is 13.3 Å². The first-order chi connectivity index (χ1) is 4.12. The molecule has 0 aliphatic rings. The van der Waals surface area contributed by atoms with E-state index in [2.05, 4.69) is 6.92 Å². The van der Waals surface area contributed by atoms with Crippen LogP contribution in [-0.2, 0) is 0 Å². The molecule has 0 heterocycles.